The van der Waals surface area contributed by atoms with Gasteiger partial charge in [0.05, 0.1) is 17.9 Å². The number of aromatic amines is 1. The zero-order chi connectivity index (χ0) is 14.3. The zero-order valence-electron chi connectivity index (χ0n) is 12.4. The summed E-state index contributed by atoms with van der Waals surface area (Å²) in [7, 11) is 0. The van der Waals surface area contributed by atoms with Crippen LogP contribution in [-0.2, 0) is 12.1 Å². The minimum Gasteiger partial charge on any atom is -0.481 e. The third-order valence-corrected chi connectivity index (χ3v) is 3.54. The van der Waals surface area contributed by atoms with Crippen molar-refractivity contribution >= 4 is 0 Å². The van der Waals surface area contributed by atoms with Crippen LogP contribution in [0.3, 0.4) is 0 Å². The molecule has 0 atom stereocenters. The Morgan fingerprint density at radius 3 is 2.80 bits per heavy atom. The lowest BCUT2D eigenvalue weighted by Crippen LogP contribution is -2.29. The van der Waals surface area contributed by atoms with E-state index in [0.29, 0.717) is 6.04 Å². The van der Waals surface area contributed by atoms with Crippen LogP contribution >= 0.6 is 0 Å². The van der Waals surface area contributed by atoms with Crippen LogP contribution in [0, 0.1) is 0 Å². The van der Waals surface area contributed by atoms with Crippen molar-refractivity contribution in [3.8, 4) is 17.0 Å². The van der Waals surface area contributed by atoms with Crippen molar-refractivity contribution in [2.75, 3.05) is 0 Å². The first kappa shape index (κ1) is 13.2. The Hall–Kier alpha value is -1.81. The largest absolute Gasteiger partial charge is 0.481 e. The first-order valence-electron chi connectivity index (χ1n) is 7.08. The van der Waals surface area contributed by atoms with Gasteiger partial charge in [0.15, 0.2) is 0 Å². The first-order chi connectivity index (χ1) is 9.47. The molecule has 0 aliphatic carbocycles. The van der Waals surface area contributed by atoms with Crippen LogP contribution in [0.15, 0.2) is 24.3 Å². The third-order valence-electron chi connectivity index (χ3n) is 3.54. The van der Waals surface area contributed by atoms with E-state index >= 15 is 0 Å². The molecule has 0 unspecified atom stereocenters. The van der Waals surface area contributed by atoms with Crippen molar-refractivity contribution in [3.05, 3.63) is 35.8 Å². The molecule has 1 aromatic carbocycles. The number of aromatic nitrogens is 2. The molecule has 0 saturated carbocycles. The summed E-state index contributed by atoms with van der Waals surface area (Å²) in [4.78, 5) is 8.18. The molecule has 1 aliphatic rings. The summed E-state index contributed by atoms with van der Waals surface area (Å²) >= 11 is 0. The number of hydrogen-bond acceptors (Lipinski definition) is 3. The van der Waals surface area contributed by atoms with Crippen molar-refractivity contribution in [2.45, 2.75) is 45.9 Å². The summed E-state index contributed by atoms with van der Waals surface area (Å²) in [6, 6.07) is 8.51. The number of rotatable bonds is 3. The van der Waals surface area contributed by atoms with E-state index in [1.165, 1.54) is 0 Å². The lowest BCUT2D eigenvalue weighted by atomic mass is 9.95. The van der Waals surface area contributed by atoms with Crippen LogP contribution in [-0.4, -0.2) is 16.0 Å². The summed E-state index contributed by atoms with van der Waals surface area (Å²) < 4.78 is 6.09. The van der Waals surface area contributed by atoms with Gasteiger partial charge in [0.1, 0.15) is 17.2 Å². The van der Waals surface area contributed by atoms with Crippen LogP contribution < -0.4 is 10.1 Å². The standard InChI is InChI=1S/C16H21N3O/c1-10(2)17-9-13-18-14-11-7-5-6-8-12(11)20-16(3,4)15(14)19-13/h5-8,10,17H,9H2,1-4H3,(H,18,19). The van der Waals surface area contributed by atoms with E-state index in [4.69, 9.17) is 9.72 Å². The number of nitrogens with zero attached hydrogens (tertiary/aromatic N) is 1. The molecule has 0 amide bonds. The highest BCUT2D eigenvalue weighted by Crippen LogP contribution is 2.43. The Morgan fingerprint density at radius 2 is 2.05 bits per heavy atom. The number of benzene rings is 1. The molecule has 0 saturated heterocycles. The van der Waals surface area contributed by atoms with Crippen LogP contribution in [0.5, 0.6) is 5.75 Å². The van der Waals surface area contributed by atoms with Gasteiger partial charge in [-0.05, 0) is 26.0 Å². The molecule has 0 radical (unpaired) electrons. The fourth-order valence-electron chi connectivity index (χ4n) is 2.51. The molecule has 0 bridgehead atoms. The van der Waals surface area contributed by atoms with E-state index in [1.54, 1.807) is 0 Å². The highest BCUT2D eigenvalue weighted by Gasteiger charge is 2.35. The quantitative estimate of drug-likeness (QED) is 0.901. The van der Waals surface area contributed by atoms with Crippen LogP contribution in [0.2, 0.25) is 0 Å². The minimum absolute atomic E-state index is 0.382. The zero-order valence-corrected chi connectivity index (χ0v) is 12.4. The van der Waals surface area contributed by atoms with Crippen molar-refractivity contribution in [1.29, 1.82) is 0 Å². The summed E-state index contributed by atoms with van der Waals surface area (Å²) in [6.45, 7) is 9.14. The second-order valence-electron chi connectivity index (χ2n) is 6.05. The van der Waals surface area contributed by atoms with Crippen LogP contribution in [0.4, 0.5) is 0 Å². The monoisotopic (exact) mass is 271 g/mol. The molecule has 2 heterocycles. The van der Waals surface area contributed by atoms with Gasteiger partial charge in [-0.2, -0.15) is 0 Å². The van der Waals surface area contributed by atoms with Gasteiger partial charge in [0.25, 0.3) is 0 Å². The maximum atomic E-state index is 6.09. The van der Waals surface area contributed by atoms with E-state index < -0.39 is 0 Å². The van der Waals surface area contributed by atoms with Crippen molar-refractivity contribution in [1.82, 2.24) is 15.3 Å². The number of H-pyrrole nitrogens is 1. The average molecular weight is 271 g/mol. The summed E-state index contributed by atoms with van der Waals surface area (Å²) in [5, 5.41) is 3.39. The highest BCUT2D eigenvalue weighted by atomic mass is 16.5. The predicted octanol–water partition coefficient (Wildman–Crippen LogP) is 3.20. The normalized spacial score (nSPS) is 15.7. The Bertz CT molecular complexity index is 628. The highest BCUT2D eigenvalue weighted by molar-refractivity contribution is 5.72. The number of para-hydroxylation sites is 1. The summed E-state index contributed by atoms with van der Waals surface area (Å²) in [5.74, 6) is 1.86. The number of ether oxygens (including phenoxy) is 1. The first-order valence-corrected chi connectivity index (χ1v) is 7.08. The second-order valence-corrected chi connectivity index (χ2v) is 6.05. The number of imidazole rings is 1. The molecule has 20 heavy (non-hydrogen) atoms. The molecule has 0 spiro atoms. The van der Waals surface area contributed by atoms with Crippen molar-refractivity contribution < 1.29 is 4.74 Å². The van der Waals surface area contributed by atoms with Crippen molar-refractivity contribution in [3.63, 3.8) is 0 Å². The van der Waals surface area contributed by atoms with Gasteiger partial charge in [-0.25, -0.2) is 4.98 Å². The van der Waals surface area contributed by atoms with Gasteiger partial charge in [0.2, 0.25) is 0 Å². The van der Waals surface area contributed by atoms with E-state index in [-0.39, 0.29) is 5.60 Å². The summed E-state index contributed by atoms with van der Waals surface area (Å²) in [5.41, 5.74) is 2.75. The van der Waals surface area contributed by atoms with E-state index in [1.807, 2.05) is 18.2 Å². The SMILES string of the molecule is CC(C)NCc1nc2c([nH]1)C(C)(C)Oc1ccccc1-2. The fraction of sp³-hybridized carbons (Fsp3) is 0.438. The maximum Gasteiger partial charge on any atom is 0.145 e. The Balaban J connectivity index is 2.03. The smallest absolute Gasteiger partial charge is 0.145 e. The molecule has 1 aromatic heterocycles. The Labute approximate surface area is 119 Å². The lowest BCUT2D eigenvalue weighted by Gasteiger charge is -2.31. The van der Waals surface area contributed by atoms with E-state index in [9.17, 15) is 0 Å². The Kier molecular flexibility index (Phi) is 3.05. The average Bonchev–Trinajstić information content (AvgIpc) is 2.81. The molecule has 4 nitrogen and oxygen atoms in total. The van der Waals surface area contributed by atoms with E-state index in [2.05, 4.69) is 44.1 Å². The molecule has 4 heteroatoms. The maximum absolute atomic E-state index is 6.09. The van der Waals surface area contributed by atoms with Gasteiger partial charge in [-0.15, -0.1) is 0 Å². The summed E-state index contributed by atoms with van der Waals surface area (Å²) in [6.07, 6.45) is 0. The molecule has 106 valence electrons. The van der Waals surface area contributed by atoms with Crippen molar-refractivity contribution in [2.24, 2.45) is 0 Å². The molecular weight excluding hydrogens is 250 g/mol. The van der Waals surface area contributed by atoms with Crippen LogP contribution in [0.25, 0.3) is 11.3 Å². The second kappa shape index (κ2) is 4.63. The molecule has 2 aromatic rings. The fourth-order valence-corrected chi connectivity index (χ4v) is 2.51. The number of hydrogen-bond donors (Lipinski definition) is 2. The minimum atomic E-state index is -0.382. The van der Waals surface area contributed by atoms with E-state index in [0.717, 1.165) is 35.1 Å². The van der Waals surface area contributed by atoms with Gasteiger partial charge in [0, 0.05) is 11.6 Å². The molecule has 1 aliphatic heterocycles. The third kappa shape index (κ3) is 2.20. The number of nitrogens with one attached hydrogen (secondary N) is 2. The predicted molar refractivity (Wildman–Crippen MR) is 79.7 cm³/mol. The van der Waals surface area contributed by atoms with Gasteiger partial charge >= 0.3 is 0 Å². The molecule has 2 N–H and O–H groups in total. The lowest BCUT2D eigenvalue weighted by molar-refractivity contribution is 0.101. The topological polar surface area (TPSA) is 49.9 Å². The molecule has 3 rings (SSSR count). The number of fused-ring (bicyclic) bond motifs is 3. The van der Waals surface area contributed by atoms with Crippen LogP contribution in [0.1, 0.15) is 39.2 Å². The molecule has 0 fully saturated rings. The van der Waals surface area contributed by atoms with Gasteiger partial charge in [-0.3, -0.25) is 0 Å². The van der Waals surface area contributed by atoms with Gasteiger partial charge in [-0.1, -0.05) is 26.0 Å². The Morgan fingerprint density at radius 1 is 1.30 bits per heavy atom. The molecular formula is C16H21N3O. The van der Waals surface area contributed by atoms with Gasteiger partial charge < -0.3 is 15.0 Å².